The Bertz CT molecular complexity index is 417. The molecule has 1 aromatic heterocycles. The standard InChI is InChI=1S/C14H20N2O3/c17-14(18)13-6-3-4-11(16-13)10-15-8-7-12-5-1-2-9-19-12/h3-4,6,12,15H,1-2,5,7-10H2,(H,17,18). The summed E-state index contributed by atoms with van der Waals surface area (Å²) in [4.78, 5) is 14.9. The molecular formula is C14H20N2O3. The van der Waals surface area contributed by atoms with Crippen LogP contribution in [0.15, 0.2) is 18.2 Å². The van der Waals surface area contributed by atoms with Crippen LogP contribution in [-0.2, 0) is 11.3 Å². The van der Waals surface area contributed by atoms with Crippen molar-refractivity contribution in [3.8, 4) is 0 Å². The minimum atomic E-state index is -0.988. The smallest absolute Gasteiger partial charge is 0.354 e. The highest BCUT2D eigenvalue weighted by Gasteiger charge is 2.12. The number of aromatic nitrogens is 1. The maximum Gasteiger partial charge on any atom is 0.354 e. The zero-order valence-corrected chi connectivity index (χ0v) is 11.0. The van der Waals surface area contributed by atoms with Crippen molar-refractivity contribution in [2.75, 3.05) is 13.2 Å². The summed E-state index contributed by atoms with van der Waals surface area (Å²) >= 11 is 0. The van der Waals surface area contributed by atoms with Gasteiger partial charge < -0.3 is 15.2 Å². The third kappa shape index (κ3) is 4.61. The van der Waals surface area contributed by atoms with E-state index < -0.39 is 5.97 Å². The second-order valence-electron chi connectivity index (χ2n) is 4.77. The zero-order valence-electron chi connectivity index (χ0n) is 11.0. The second kappa shape index (κ2) is 7.21. The van der Waals surface area contributed by atoms with Gasteiger partial charge in [-0.1, -0.05) is 6.07 Å². The summed E-state index contributed by atoms with van der Waals surface area (Å²) in [5, 5.41) is 12.1. The van der Waals surface area contributed by atoms with Crippen molar-refractivity contribution in [1.29, 1.82) is 0 Å². The summed E-state index contributed by atoms with van der Waals surface area (Å²) in [5.41, 5.74) is 0.847. The summed E-state index contributed by atoms with van der Waals surface area (Å²) in [5.74, 6) is -0.988. The number of nitrogens with zero attached hydrogens (tertiary/aromatic N) is 1. The molecule has 2 heterocycles. The lowest BCUT2D eigenvalue weighted by Crippen LogP contribution is -2.25. The molecule has 1 aliphatic rings. The van der Waals surface area contributed by atoms with E-state index in [0.29, 0.717) is 12.6 Å². The first-order chi connectivity index (χ1) is 9.25. The lowest BCUT2D eigenvalue weighted by atomic mass is 10.1. The molecule has 0 radical (unpaired) electrons. The number of hydrogen-bond donors (Lipinski definition) is 2. The Morgan fingerprint density at radius 1 is 1.47 bits per heavy atom. The quantitative estimate of drug-likeness (QED) is 0.767. The van der Waals surface area contributed by atoms with Crippen molar-refractivity contribution in [2.45, 2.75) is 38.3 Å². The number of carbonyl (C=O) groups is 1. The molecule has 0 aliphatic carbocycles. The van der Waals surface area contributed by atoms with E-state index in [1.807, 2.05) is 6.07 Å². The van der Waals surface area contributed by atoms with Crippen LogP contribution in [0.25, 0.3) is 0 Å². The van der Waals surface area contributed by atoms with Gasteiger partial charge in [-0.2, -0.15) is 0 Å². The zero-order chi connectivity index (χ0) is 13.5. The molecular weight excluding hydrogens is 244 g/mol. The van der Waals surface area contributed by atoms with Crippen LogP contribution in [0.5, 0.6) is 0 Å². The number of hydrogen-bond acceptors (Lipinski definition) is 4. The first kappa shape index (κ1) is 14.0. The molecule has 2 N–H and O–H groups in total. The Labute approximate surface area is 113 Å². The predicted octanol–water partition coefficient (Wildman–Crippen LogP) is 1.83. The highest BCUT2D eigenvalue weighted by Crippen LogP contribution is 2.14. The van der Waals surface area contributed by atoms with Gasteiger partial charge in [-0.15, -0.1) is 0 Å². The Hall–Kier alpha value is -1.46. The molecule has 2 rings (SSSR count). The van der Waals surface area contributed by atoms with Gasteiger partial charge in [0.1, 0.15) is 5.69 Å². The Kier molecular flexibility index (Phi) is 5.30. The molecule has 0 aromatic carbocycles. The van der Waals surface area contributed by atoms with E-state index >= 15 is 0 Å². The van der Waals surface area contributed by atoms with E-state index in [4.69, 9.17) is 9.84 Å². The molecule has 0 bridgehead atoms. The van der Waals surface area contributed by atoms with Crippen LogP contribution in [0, 0.1) is 0 Å². The monoisotopic (exact) mass is 264 g/mol. The molecule has 19 heavy (non-hydrogen) atoms. The lowest BCUT2D eigenvalue weighted by Gasteiger charge is -2.22. The Balaban J connectivity index is 1.70. The van der Waals surface area contributed by atoms with Gasteiger partial charge in [-0.25, -0.2) is 9.78 Å². The highest BCUT2D eigenvalue weighted by molar-refractivity contribution is 5.85. The van der Waals surface area contributed by atoms with Gasteiger partial charge in [0, 0.05) is 13.2 Å². The average molecular weight is 264 g/mol. The van der Waals surface area contributed by atoms with Gasteiger partial charge in [0.25, 0.3) is 0 Å². The van der Waals surface area contributed by atoms with Crippen LogP contribution in [0.2, 0.25) is 0 Å². The number of carboxylic acids is 1. The van der Waals surface area contributed by atoms with Gasteiger partial charge in [-0.3, -0.25) is 0 Å². The molecule has 1 saturated heterocycles. The summed E-state index contributed by atoms with van der Waals surface area (Å²) in [7, 11) is 0. The fourth-order valence-corrected chi connectivity index (χ4v) is 2.21. The van der Waals surface area contributed by atoms with E-state index in [1.165, 1.54) is 18.9 Å². The van der Waals surface area contributed by atoms with E-state index in [1.54, 1.807) is 6.07 Å². The van der Waals surface area contributed by atoms with Gasteiger partial charge in [0.05, 0.1) is 11.8 Å². The van der Waals surface area contributed by atoms with Crippen molar-refractivity contribution < 1.29 is 14.6 Å². The number of aromatic carboxylic acids is 1. The number of pyridine rings is 1. The molecule has 1 aliphatic heterocycles. The van der Waals surface area contributed by atoms with Crippen molar-refractivity contribution in [3.05, 3.63) is 29.6 Å². The molecule has 5 nitrogen and oxygen atoms in total. The van der Waals surface area contributed by atoms with Crippen LogP contribution in [-0.4, -0.2) is 35.3 Å². The third-order valence-corrected chi connectivity index (χ3v) is 3.25. The summed E-state index contributed by atoms with van der Waals surface area (Å²) in [6.45, 7) is 2.34. The fraction of sp³-hybridized carbons (Fsp3) is 0.571. The van der Waals surface area contributed by atoms with E-state index in [0.717, 1.165) is 31.7 Å². The van der Waals surface area contributed by atoms with Crippen LogP contribution >= 0.6 is 0 Å². The van der Waals surface area contributed by atoms with E-state index in [-0.39, 0.29) is 5.69 Å². The van der Waals surface area contributed by atoms with Crippen molar-refractivity contribution in [2.24, 2.45) is 0 Å². The third-order valence-electron chi connectivity index (χ3n) is 3.25. The van der Waals surface area contributed by atoms with Crippen LogP contribution < -0.4 is 5.32 Å². The summed E-state index contributed by atoms with van der Waals surface area (Å²) in [6, 6.07) is 5.05. The molecule has 0 saturated carbocycles. The number of nitrogens with one attached hydrogen (secondary N) is 1. The maximum absolute atomic E-state index is 10.8. The summed E-state index contributed by atoms with van der Waals surface area (Å²) in [6.07, 6.45) is 4.95. The van der Waals surface area contributed by atoms with Gasteiger partial charge in [0.2, 0.25) is 0 Å². The topological polar surface area (TPSA) is 71.5 Å². The normalized spacial score (nSPS) is 19.3. The maximum atomic E-state index is 10.8. The average Bonchev–Trinajstić information content (AvgIpc) is 2.45. The molecule has 0 spiro atoms. The van der Waals surface area contributed by atoms with Crippen molar-refractivity contribution in [1.82, 2.24) is 10.3 Å². The fourth-order valence-electron chi connectivity index (χ4n) is 2.21. The summed E-state index contributed by atoms with van der Waals surface area (Å²) < 4.78 is 5.65. The van der Waals surface area contributed by atoms with Gasteiger partial charge in [0.15, 0.2) is 0 Å². The lowest BCUT2D eigenvalue weighted by molar-refractivity contribution is 0.0115. The van der Waals surface area contributed by atoms with Crippen molar-refractivity contribution >= 4 is 5.97 Å². The second-order valence-corrected chi connectivity index (χ2v) is 4.77. The Morgan fingerprint density at radius 3 is 3.11 bits per heavy atom. The minimum absolute atomic E-state index is 0.0925. The highest BCUT2D eigenvalue weighted by atomic mass is 16.5. The number of carboxylic acid groups (broad SMARTS) is 1. The SMILES string of the molecule is O=C(O)c1cccc(CNCCC2CCCCO2)n1. The molecule has 5 heteroatoms. The molecule has 1 aromatic rings. The van der Waals surface area contributed by atoms with E-state index in [2.05, 4.69) is 10.3 Å². The molecule has 0 amide bonds. The Morgan fingerprint density at radius 2 is 2.37 bits per heavy atom. The molecule has 1 fully saturated rings. The van der Waals surface area contributed by atoms with Crippen LogP contribution in [0.4, 0.5) is 0 Å². The van der Waals surface area contributed by atoms with Crippen LogP contribution in [0.3, 0.4) is 0 Å². The number of ether oxygens (including phenoxy) is 1. The minimum Gasteiger partial charge on any atom is -0.477 e. The van der Waals surface area contributed by atoms with Gasteiger partial charge >= 0.3 is 5.97 Å². The van der Waals surface area contributed by atoms with Crippen molar-refractivity contribution in [3.63, 3.8) is 0 Å². The molecule has 1 atom stereocenters. The first-order valence-electron chi connectivity index (χ1n) is 6.77. The van der Waals surface area contributed by atoms with E-state index in [9.17, 15) is 4.79 Å². The van der Waals surface area contributed by atoms with Gasteiger partial charge in [-0.05, 0) is 44.4 Å². The largest absolute Gasteiger partial charge is 0.477 e. The first-order valence-corrected chi connectivity index (χ1v) is 6.77. The predicted molar refractivity (Wildman–Crippen MR) is 71.1 cm³/mol. The van der Waals surface area contributed by atoms with Crippen LogP contribution in [0.1, 0.15) is 41.9 Å². The molecule has 1 unspecified atom stereocenters. The number of rotatable bonds is 6. The molecule has 104 valence electrons.